The van der Waals surface area contributed by atoms with Gasteiger partial charge in [0.15, 0.2) is 0 Å². The lowest BCUT2D eigenvalue weighted by Gasteiger charge is -2.27. The van der Waals surface area contributed by atoms with Crippen molar-refractivity contribution in [1.29, 1.82) is 0 Å². The van der Waals surface area contributed by atoms with Crippen LogP contribution in [0.5, 0.6) is 0 Å². The van der Waals surface area contributed by atoms with Gasteiger partial charge in [-0.2, -0.15) is 0 Å². The van der Waals surface area contributed by atoms with Crippen molar-refractivity contribution in [2.24, 2.45) is 0 Å². The molecule has 116 valence electrons. The zero-order valence-corrected chi connectivity index (χ0v) is 13.1. The van der Waals surface area contributed by atoms with E-state index in [1.54, 1.807) is 0 Å². The van der Waals surface area contributed by atoms with Crippen LogP contribution in [-0.2, 0) is 4.79 Å². The van der Waals surface area contributed by atoms with Gasteiger partial charge in [-0.3, -0.25) is 9.69 Å². The molecule has 0 aromatic carbocycles. The van der Waals surface area contributed by atoms with Crippen LogP contribution in [0.2, 0.25) is 0 Å². The first kappa shape index (κ1) is 15.8. The van der Waals surface area contributed by atoms with Crippen LogP contribution in [0.1, 0.15) is 51.4 Å². The average molecular weight is 281 g/mol. The maximum absolute atomic E-state index is 12.3. The molecule has 0 spiro atoms. The van der Waals surface area contributed by atoms with Crippen LogP contribution in [-0.4, -0.2) is 61.5 Å². The highest BCUT2D eigenvalue weighted by Gasteiger charge is 2.18. The van der Waals surface area contributed by atoms with Crippen molar-refractivity contribution in [1.82, 2.24) is 15.1 Å². The molecule has 1 unspecified atom stereocenters. The van der Waals surface area contributed by atoms with Crippen molar-refractivity contribution < 1.29 is 4.79 Å². The minimum absolute atomic E-state index is 0.325. The van der Waals surface area contributed by atoms with E-state index in [9.17, 15) is 4.79 Å². The number of likely N-dealkylation sites (N-methyl/N-ethyl adjacent to an activating group) is 1. The fourth-order valence-corrected chi connectivity index (χ4v) is 3.28. The molecule has 0 aromatic rings. The second-order valence-corrected chi connectivity index (χ2v) is 6.47. The van der Waals surface area contributed by atoms with Crippen molar-refractivity contribution in [3.05, 3.63) is 0 Å². The predicted octanol–water partition coefficient (Wildman–Crippen LogP) is 1.85. The summed E-state index contributed by atoms with van der Waals surface area (Å²) in [6, 6.07) is 0.666. The van der Waals surface area contributed by atoms with Crippen molar-refractivity contribution in [3.63, 3.8) is 0 Å². The first-order valence-electron chi connectivity index (χ1n) is 8.45. The topological polar surface area (TPSA) is 35.6 Å². The lowest BCUT2D eigenvalue weighted by Crippen LogP contribution is -2.41. The minimum atomic E-state index is 0.325. The molecular weight excluding hydrogens is 250 g/mol. The molecule has 2 rings (SSSR count). The normalized spacial score (nSPS) is 24.7. The molecule has 2 heterocycles. The smallest absolute Gasteiger partial charge is 0.236 e. The molecule has 0 bridgehead atoms. The van der Waals surface area contributed by atoms with Gasteiger partial charge in [0.2, 0.25) is 5.91 Å². The molecule has 0 radical (unpaired) electrons. The zero-order valence-electron chi connectivity index (χ0n) is 13.1. The number of hydrogen-bond acceptors (Lipinski definition) is 3. The number of carbonyl (C=O) groups excluding carboxylic acids is 1. The van der Waals surface area contributed by atoms with E-state index in [1.807, 2.05) is 0 Å². The molecule has 2 aliphatic rings. The summed E-state index contributed by atoms with van der Waals surface area (Å²) in [5.41, 5.74) is 0. The number of amides is 1. The fourth-order valence-electron chi connectivity index (χ4n) is 3.28. The molecule has 20 heavy (non-hydrogen) atoms. The predicted molar refractivity (Wildman–Crippen MR) is 82.8 cm³/mol. The molecule has 4 nitrogen and oxygen atoms in total. The number of carbonyl (C=O) groups is 1. The van der Waals surface area contributed by atoms with Crippen LogP contribution >= 0.6 is 0 Å². The van der Waals surface area contributed by atoms with Gasteiger partial charge in [0.05, 0.1) is 6.54 Å². The van der Waals surface area contributed by atoms with Gasteiger partial charge in [-0.15, -0.1) is 0 Å². The van der Waals surface area contributed by atoms with Crippen LogP contribution in [0.25, 0.3) is 0 Å². The Bertz CT molecular complexity index is 281. The summed E-state index contributed by atoms with van der Waals surface area (Å²) < 4.78 is 0. The number of piperidine rings is 1. The number of rotatable bonds is 5. The Hall–Kier alpha value is -0.610. The summed E-state index contributed by atoms with van der Waals surface area (Å²) in [4.78, 5) is 16.6. The maximum Gasteiger partial charge on any atom is 0.236 e. The van der Waals surface area contributed by atoms with Crippen molar-refractivity contribution in [3.8, 4) is 0 Å². The fraction of sp³-hybridized carbons (Fsp3) is 0.938. The third-order valence-electron chi connectivity index (χ3n) is 4.64. The summed E-state index contributed by atoms with van der Waals surface area (Å²) in [5.74, 6) is 0.325. The molecule has 2 saturated heterocycles. The zero-order chi connectivity index (χ0) is 14.2. The number of hydrogen-bond donors (Lipinski definition) is 1. The van der Waals surface area contributed by atoms with Gasteiger partial charge in [0, 0.05) is 19.1 Å². The molecule has 1 amide bonds. The van der Waals surface area contributed by atoms with Crippen molar-refractivity contribution in [2.45, 2.75) is 57.4 Å². The number of nitrogens with one attached hydrogen (secondary N) is 1. The van der Waals surface area contributed by atoms with E-state index >= 15 is 0 Å². The highest BCUT2D eigenvalue weighted by atomic mass is 16.2. The Balaban J connectivity index is 1.64. The van der Waals surface area contributed by atoms with Gasteiger partial charge in [0.25, 0.3) is 0 Å². The molecule has 0 saturated carbocycles. The van der Waals surface area contributed by atoms with Gasteiger partial charge in [-0.25, -0.2) is 0 Å². The summed E-state index contributed by atoms with van der Waals surface area (Å²) in [6.45, 7) is 4.72. The molecule has 1 atom stereocenters. The van der Waals surface area contributed by atoms with Gasteiger partial charge in [-0.05, 0) is 52.2 Å². The third-order valence-corrected chi connectivity index (χ3v) is 4.64. The quantitative estimate of drug-likeness (QED) is 0.835. The Morgan fingerprint density at radius 2 is 1.90 bits per heavy atom. The average Bonchev–Trinajstić information content (AvgIpc) is 2.75. The minimum Gasteiger partial charge on any atom is -0.342 e. The Kier molecular flexibility index (Phi) is 6.80. The summed E-state index contributed by atoms with van der Waals surface area (Å²) in [7, 11) is 2.08. The van der Waals surface area contributed by atoms with Crippen LogP contribution < -0.4 is 5.32 Å². The summed E-state index contributed by atoms with van der Waals surface area (Å²) in [6.07, 6.45) is 10.1. The highest BCUT2D eigenvalue weighted by Crippen LogP contribution is 2.12. The van der Waals surface area contributed by atoms with E-state index in [0.29, 0.717) is 18.5 Å². The molecular formula is C16H31N3O. The summed E-state index contributed by atoms with van der Waals surface area (Å²) >= 11 is 0. The van der Waals surface area contributed by atoms with Crippen LogP contribution in [0, 0.1) is 0 Å². The largest absolute Gasteiger partial charge is 0.342 e. The van der Waals surface area contributed by atoms with E-state index in [1.165, 1.54) is 57.9 Å². The van der Waals surface area contributed by atoms with E-state index in [2.05, 4.69) is 22.2 Å². The van der Waals surface area contributed by atoms with Gasteiger partial charge in [0.1, 0.15) is 0 Å². The molecule has 2 aliphatic heterocycles. The third kappa shape index (κ3) is 5.41. The van der Waals surface area contributed by atoms with Crippen LogP contribution in [0.4, 0.5) is 0 Å². The molecule has 0 aliphatic carbocycles. The van der Waals surface area contributed by atoms with Crippen LogP contribution in [0.3, 0.4) is 0 Å². The summed E-state index contributed by atoms with van der Waals surface area (Å²) in [5, 5.41) is 3.58. The first-order valence-corrected chi connectivity index (χ1v) is 8.45. The van der Waals surface area contributed by atoms with E-state index < -0.39 is 0 Å². The lowest BCUT2D eigenvalue weighted by molar-refractivity contribution is -0.132. The first-order chi connectivity index (χ1) is 9.75. The SMILES string of the molecule is CN(CCC1CCCCN1)CC(=O)N1CCCCCC1. The van der Waals surface area contributed by atoms with Gasteiger partial charge >= 0.3 is 0 Å². The van der Waals surface area contributed by atoms with E-state index in [0.717, 1.165) is 19.6 Å². The monoisotopic (exact) mass is 281 g/mol. The standard InChI is InChI=1S/C16H31N3O/c1-18(13-9-15-8-4-5-10-17-15)14-16(20)19-11-6-2-3-7-12-19/h15,17H,2-14H2,1H3. The van der Waals surface area contributed by atoms with Crippen molar-refractivity contribution >= 4 is 5.91 Å². The Morgan fingerprint density at radius 1 is 1.15 bits per heavy atom. The molecule has 1 N–H and O–H groups in total. The van der Waals surface area contributed by atoms with Crippen LogP contribution in [0.15, 0.2) is 0 Å². The van der Waals surface area contributed by atoms with E-state index in [4.69, 9.17) is 0 Å². The highest BCUT2D eigenvalue weighted by molar-refractivity contribution is 5.78. The van der Waals surface area contributed by atoms with Crippen molar-refractivity contribution in [2.75, 3.05) is 39.8 Å². The number of nitrogens with zero attached hydrogens (tertiary/aromatic N) is 2. The van der Waals surface area contributed by atoms with E-state index in [-0.39, 0.29) is 0 Å². The second kappa shape index (κ2) is 8.63. The number of likely N-dealkylation sites (tertiary alicyclic amines) is 1. The van der Waals surface area contributed by atoms with Gasteiger partial charge in [-0.1, -0.05) is 19.3 Å². The maximum atomic E-state index is 12.3. The van der Waals surface area contributed by atoms with Gasteiger partial charge < -0.3 is 10.2 Å². The Labute approximate surface area is 123 Å². The molecule has 4 heteroatoms. The second-order valence-electron chi connectivity index (χ2n) is 6.47. The Morgan fingerprint density at radius 3 is 2.55 bits per heavy atom. The molecule has 2 fully saturated rings. The lowest BCUT2D eigenvalue weighted by atomic mass is 10.0. The molecule has 0 aromatic heterocycles.